The number of hydrogen-bond donors (Lipinski definition) is 0. The van der Waals surface area contributed by atoms with Crippen LogP contribution in [0.1, 0.15) is 93.9 Å². The molecule has 3 heterocycles. The van der Waals surface area contributed by atoms with Gasteiger partial charge in [-0.1, -0.05) is 65.2 Å². The maximum atomic E-state index is 6.99. The van der Waals surface area contributed by atoms with Crippen LogP contribution in [0.4, 0.5) is 0 Å². The molecule has 10 heteroatoms. The van der Waals surface area contributed by atoms with Crippen molar-refractivity contribution in [2.75, 3.05) is 26.4 Å². The maximum Gasteiger partial charge on any atom is 0.193 e. The van der Waals surface area contributed by atoms with Crippen molar-refractivity contribution in [3.05, 3.63) is 0 Å². The van der Waals surface area contributed by atoms with Gasteiger partial charge in [0.05, 0.1) is 0 Å². The maximum absolute atomic E-state index is 6.99. The molecule has 6 atom stereocenters. The Kier molecular flexibility index (Phi) is 13.8. The minimum absolute atomic E-state index is 0.0286. The summed E-state index contributed by atoms with van der Waals surface area (Å²) in [7, 11) is -4.54. The number of hydrogen-bond acceptors (Lipinski definition) is 8. The predicted octanol–water partition coefficient (Wildman–Crippen LogP) is 7.38. The second kappa shape index (κ2) is 16.1. The first-order chi connectivity index (χ1) is 20.8. The third-order valence-electron chi connectivity index (χ3n) is 9.66. The van der Waals surface area contributed by atoms with Gasteiger partial charge in [0.2, 0.25) is 0 Å². The Morgan fingerprint density at radius 3 is 1.36 bits per heavy atom. The van der Waals surface area contributed by atoms with E-state index in [2.05, 4.69) is 91.4 Å². The van der Waals surface area contributed by atoms with Crippen molar-refractivity contribution in [1.82, 2.24) is 0 Å². The van der Waals surface area contributed by atoms with Gasteiger partial charge in [0.25, 0.3) is 0 Å². The number of ether oxygens (including phenoxy) is 6. The van der Waals surface area contributed by atoms with Crippen LogP contribution in [0.15, 0.2) is 0 Å². The highest BCUT2D eigenvalue weighted by molar-refractivity contribution is 6.74. The molecular weight excluding hydrogens is 605 g/mol. The van der Waals surface area contributed by atoms with Crippen LogP contribution in [0.2, 0.25) is 36.3 Å². The summed E-state index contributed by atoms with van der Waals surface area (Å²) in [6, 6.07) is 0. The molecule has 258 valence electrons. The van der Waals surface area contributed by atoms with Crippen LogP contribution < -0.4 is 0 Å². The van der Waals surface area contributed by atoms with E-state index < -0.39 is 46.8 Å². The highest BCUT2D eigenvalue weighted by Crippen LogP contribution is 2.42. The summed E-state index contributed by atoms with van der Waals surface area (Å²) in [5, 5.41) is -0.0571. The lowest BCUT2D eigenvalue weighted by molar-refractivity contribution is -0.155. The van der Waals surface area contributed by atoms with Gasteiger partial charge in [-0.25, -0.2) is 0 Å². The fraction of sp³-hybridized carbons (Fsp3) is 0.886. The van der Waals surface area contributed by atoms with Gasteiger partial charge in [0.15, 0.2) is 35.0 Å². The van der Waals surface area contributed by atoms with Crippen molar-refractivity contribution in [2.45, 2.75) is 173 Å². The molecule has 0 aromatic carbocycles. The highest BCUT2D eigenvalue weighted by Gasteiger charge is 2.53. The molecule has 8 nitrogen and oxygen atoms in total. The molecule has 0 bridgehead atoms. The van der Waals surface area contributed by atoms with E-state index in [4.69, 9.17) is 37.3 Å². The molecule has 2 unspecified atom stereocenters. The lowest BCUT2D eigenvalue weighted by Crippen LogP contribution is -2.53. The van der Waals surface area contributed by atoms with Crippen molar-refractivity contribution in [2.24, 2.45) is 0 Å². The minimum atomic E-state index is -2.27. The van der Waals surface area contributed by atoms with Crippen LogP contribution in [-0.4, -0.2) is 85.8 Å². The van der Waals surface area contributed by atoms with Gasteiger partial charge in [0.1, 0.15) is 37.6 Å². The largest absolute Gasteiger partial charge is 0.401 e. The molecule has 0 saturated carbocycles. The molecule has 0 spiro atoms. The Labute approximate surface area is 276 Å². The van der Waals surface area contributed by atoms with Gasteiger partial charge in [0, 0.05) is 13.2 Å². The summed E-state index contributed by atoms with van der Waals surface area (Å²) >= 11 is 0. The van der Waals surface area contributed by atoms with E-state index in [0.717, 1.165) is 51.7 Å². The van der Waals surface area contributed by atoms with E-state index in [1.165, 1.54) is 0 Å². The fourth-order valence-electron chi connectivity index (χ4n) is 4.87. The Morgan fingerprint density at radius 2 is 1.04 bits per heavy atom. The summed E-state index contributed by atoms with van der Waals surface area (Å²) in [6.45, 7) is 28.1. The quantitative estimate of drug-likeness (QED) is 0.177. The molecular formula is C35H62O8Si2. The Bertz CT molecular complexity index is 962. The fourth-order valence-corrected chi connectivity index (χ4v) is 7.23. The standard InChI is InChI=1S/C35H62O8Si2/c1-33(2,3)44(9,10)42-27(19-17-25-38-29-21-13-15-23-36-29)31-32(41-35(7,8)40-31)28(43-45(11,12)34(4,5)6)20-18-26-39-30-22-14-16-24-37-30/h27-32H,13-16,21-26H2,1-12H3/t27-,28-,29?,30?,31+,32+/m1/s1. The monoisotopic (exact) mass is 666 g/mol. The molecule has 45 heavy (non-hydrogen) atoms. The third kappa shape index (κ3) is 11.7. The van der Waals surface area contributed by atoms with E-state index in [1.54, 1.807) is 0 Å². The average molecular weight is 667 g/mol. The van der Waals surface area contributed by atoms with Crippen LogP contribution in [0.3, 0.4) is 0 Å². The van der Waals surface area contributed by atoms with Crippen LogP contribution >= 0.6 is 0 Å². The second-order valence-corrected chi connectivity index (χ2v) is 25.5. The van der Waals surface area contributed by atoms with Crippen molar-refractivity contribution in [3.8, 4) is 23.7 Å². The molecule has 3 saturated heterocycles. The first-order valence-corrected chi connectivity index (χ1v) is 22.8. The van der Waals surface area contributed by atoms with Gasteiger partial charge in [-0.15, -0.1) is 0 Å². The van der Waals surface area contributed by atoms with Gasteiger partial charge in [-0.3, -0.25) is 0 Å². The van der Waals surface area contributed by atoms with Crippen LogP contribution in [0.25, 0.3) is 0 Å². The van der Waals surface area contributed by atoms with E-state index in [9.17, 15) is 0 Å². The Morgan fingerprint density at radius 1 is 0.667 bits per heavy atom. The molecule has 0 amide bonds. The molecule has 0 aliphatic carbocycles. The van der Waals surface area contributed by atoms with Gasteiger partial charge < -0.3 is 37.3 Å². The smallest absolute Gasteiger partial charge is 0.193 e. The lowest BCUT2D eigenvalue weighted by atomic mass is 10.0. The Hall–Kier alpha value is -0.766. The zero-order chi connectivity index (χ0) is 33.5. The summed E-state index contributed by atoms with van der Waals surface area (Å²) in [4.78, 5) is 0. The van der Waals surface area contributed by atoms with Gasteiger partial charge in [-0.05, 0) is 88.6 Å². The molecule has 0 aromatic heterocycles. The van der Waals surface area contributed by atoms with Crippen LogP contribution in [0, 0.1) is 23.7 Å². The van der Waals surface area contributed by atoms with Crippen molar-refractivity contribution < 1.29 is 37.3 Å². The predicted molar refractivity (Wildman–Crippen MR) is 183 cm³/mol. The summed E-state index contributed by atoms with van der Waals surface area (Å²) in [5.41, 5.74) is 0. The molecule has 0 N–H and O–H groups in total. The molecule has 3 fully saturated rings. The van der Waals surface area contributed by atoms with Crippen molar-refractivity contribution in [1.29, 1.82) is 0 Å². The Balaban J connectivity index is 1.92. The van der Waals surface area contributed by atoms with E-state index >= 15 is 0 Å². The van der Waals surface area contributed by atoms with Gasteiger partial charge >= 0.3 is 0 Å². The van der Waals surface area contributed by atoms with Gasteiger partial charge in [-0.2, -0.15) is 0 Å². The summed E-state index contributed by atoms with van der Waals surface area (Å²) in [6.07, 6.45) is 3.56. The molecule has 3 aliphatic heterocycles. The average Bonchev–Trinajstić information content (AvgIpc) is 3.27. The minimum Gasteiger partial charge on any atom is -0.401 e. The SMILES string of the molecule is CC1(C)O[C@@H]([C@@H](C#CCOC2CCCCO2)O[Si](C)(C)C(C)(C)C)[C@H]([C@@H](C#CCOC2CCCCO2)O[Si](C)(C)C(C)(C)C)O1. The van der Waals surface area contributed by atoms with E-state index in [-0.39, 0.29) is 35.9 Å². The van der Waals surface area contributed by atoms with Crippen LogP contribution in [0.5, 0.6) is 0 Å². The normalized spacial score (nSPS) is 27.6. The first-order valence-electron chi connectivity index (χ1n) is 17.0. The zero-order valence-corrected chi connectivity index (χ0v) is 32.3. The lowest BCUT2D eigenvalue weighted by Gasteiger charge is -2.41. The zero-order valence-electron chi connectivity index (χ0n) is 30.3. The topological polar surface area (TPSA) is 73.8 Å². The van der Waals surface area contributed by atoms with Crippen molar-refractivity contribution in [3.63, 3.8) is 0 Å². The van der Waals surface area contributed by atoms with E-state index in [1.807, 2.05) is 13.8 Å². The molecule has 3 aliphatic rings. The third-order valence-corrected chi connectivity index (χ3v) is 18.6. The number of rotatable bonds is 10. The highest BCUT2D eigenvalue weighted by atomic mass is 28.4. The molecule has 0 aromatic rings. The van der Waals surface area contributed by atoms with Crippen LogP contribution in [-0.2, 0) is 37.3 Å². The molecule has 0 radical (unpaired) electrons. The summed E-state index contributed by atoms with van der Waals surface area (Å²) < 4.78 is 50.6. The second-order valence-electron chi connectivity index (χ2n) is 16.0. The summed E-state index contributed by atoms with van der Waals surface area (Å²) in [5.74, 6) is 12.4. The first kappa shape index (κ1) is 38.7. The van der Waals surface area contributed by atoms with E-state index in [0.29, 0.717) is 0 Å². The van der Waals surface area contributed by atoms with Crippen molar-refractivity contribution >= 4 is 16.6 Å². The molecule has 3 rings (SSSR count).